The lowest BCUT2D eigenvalue weighted by atomic mass is 9.97. The van der Waals surface area contributed by atoms with Gasteiger partial charge in [0, 0.05) is 6.04 Å². The predicted molar refractivity (Wildman–Crippen MR) is 86.1 cm³/mol. The van der Waals surface area contributed by atoms with Crippen LogP contribution in [0.1, 0.15) is 48.0 Å². The molecule has 0 spiro atoms. The first-order chi connectivity index (χ1) is 10.4. The standard InChI is InChI=1S/C19H23NO/c21-14-19(16-10-2-1-3-11-16)20-18-13-7-5-9-15-8-4-6-12-17(15)18/h1-4,6,8,10-12,18-21H,5,7,9,13-14H2. The van der Waals surface area contributed by atoms with Crippen molar-refractivity contribution in [3.05, 3.63) is 71.3 Å². The van der Waals surface area contributed by atoms with Gasteiger partial charge in [0.15, 0.2) is 0 Å². The lowest BCUT2D eigenvalue weighted by Gasteiger charge is -2.25. The fraction of sp³-hybridized carbons (Fsp3) is 0.368. The van der Waals surface area contributed by atoms with Crippen LogP contribution in [-0.2, 0) is 6.42 Å². The zero-order chi connectivity index (χ0) is 14.5. The van der Waals surface area contributed by atoms with Crippen LogP contribution < -0.4 is 5.32 Å². The van der Waals surface area contributed by atoms with E-state index in [1.807, 2.05) is 18.2 Å². The number of aryl methyl sites for hydroxylation is 1. The Balaban J connectivity index is 1.83. The fourth-order valence-corrected chi connectivity index (χ4v) is 3.28. The van der Waals surface area contributed by atoms with E-state index in [2.05, 4.69) is 41.7 Å². The summed E-state index contributed by atoms with van der Waals surface area (Å²) in [7, 11) is 0. The summed E-state index contributed by atoms with van der Waals surface area (Å²) < 4.78 is 0. The maximum absolute atomic E-state index is 9.77. The molecule has 3 rings (SSSR count). The van der Waals surface area contributed by atoms with Gasteiger partial charge in [-0.1, -0.05) is 61.0 Å². The van der Waals surface area contributed by atoms with Crippen molar-refractivity contribution in [1.29, 1.82) is 0 Å². The molecule has 0 aromatic heterocycles. The molecule has 0 aliphatic heterocycles. The van der Waals surface area contributed by atoms with Crippen molar-refractivity contribution < 1.29 is 5.11 Å². The first kappa shape index (κ1) is 14.3. The van der Waals surface area contributed by atoms with Gasteiger partial charge in [-0.15, -0.1) is 0 Å². The molecule has 2 heteroatoms. The maximum Gasteiger partial charge on any atom is 0.0626 e. The zero-order valence-electron chi connectivity index (χ0n) is 12.3. The number of benzene rings is 2. The van der Waals surface area contributed by atoms with E-state index >= 15 is 0 Å². The smallest absolute Gasteiger partial charge is 0.0626 e. The highest BCUT2D eigenvalue weighted by Gasteiger charge is 2.21. The van der Waals surface area contributed by atoms with E-state index in [0.29, 0.717) is 6.04 Å². The van der Waals surface area contributed by atoms with Crippen LogP contribution in [0.5, 0.6) is 0 Å². The van der Waals surface area contributed by atoms with E-state index in [0.717, 1.165) is 12.0 Å². The van der Waals surface area contributed by atoms with Crippen LogP contribution in [0.2, 0.25) is 0 Å². The minimum Gasteiger partial charge on any atom is -0.394 e. The Bertz CT molecular complexity index is 567. The largest absolute Gasteiger partial charge is 0.394 e. The third-order valence-corrected chi connectivity index (χ3v) is 4.41. The predicted octanol–water partition coefficient (Wildman–Crippen LogP) is 3.78. The SMILES string of the molecule is OCC(NC1CCCCc2ccccc21)c1ccccc1. The second kappa shape index (κ2) is 6.88. The topological polar surface area (TPSA) is 32.3 Å². The molecule has 2 nitrogen and oxygen atoms in total. The lowest BCUT2D eigenvalue weighted by molar-refractivity contribution is 0.230. The molecule has 0 saturated heterocycles. The van der Waals surface area contributed by atoms with Gasteiger partial charge < -0.3 is 10.4 Å². The third-order valence-electron chi connectivity index (χ3n) is 4.41. The number of fused-ring (bicyclic) bond motifs is 1. The molecule has 2 unspecified atom stereocenters. The van der Waals surface area contributed by atoms with Crippen molar-refractivity contribution in [3.63, 3.8) is 0 Å². The first-order valence-electron chi connectivity index (χ1n) is 7.88. The van der Waals surface area contributed by atoms with E-state index in [1.54, 1.807) is 0 Å². The number of nitrogens with one attached hydrogen (secondary N) is 1. The van der Waals surface area contributed by atoms with Crippen molar-refractivity contribution in [2.75, 3.05) is 6.61 Å². The third kappa shape index (κ3) is 3.34. The minimum absolute atomic E-state index is 0.00218. The van der Waals surface area contributed by atoms with Crippen molar-refractivity contribution >= 4 is 0 Å². The molecule has 1 aliphatic carbocycles. The van der Waals surface area contributed by atoms with Gasteiger partial charge in [0.05, 0.1) is 12.6 Å². The number of aliphatic hydroxyl groups excluding tert-OH is 1. The molecule has 0 saturated carbocycles. The molecule has 0 radical (unpaired) electrons. The molecule has 2 aromatic carbocycles. The Morgan fingerprint density at radius 2 is 1.76 bits per heavy atom. The molecule has 21 heavy (non-hydrogen) atoms. The van der Waals surface area contributed by atoms with Crippen LogP contribution in [0.4, 0.5) is 0 Å². The van der Waals surface area contributed by atoms with Gasteiger partial charge >= 0.3 is 0 Å². The Hall–Kier alpha value is -1.64. The molecule has 0 fully saturated rings. The molecule has 2 atom stereocenters. The first-order valence-corrected chi connectivity index (χ1v) is 7.88. The minimum atomic E-state index is 0.00218. The van der Waals surface area contributed by atoms with Crippen molar-refractivity contribution in [3.8, 4) is 0 Å². The van der Waals surface area contributed by atoms with E-state index in [-0.39, 0.29) is 12.6 Å². The van der Waals surface area contributed by atoms with E-state index in [9.17, 15) is 5.11 Å². The summed E-state index contributed by atoms with van der Waals surface area (Å²) in [6.07, 6.45) is 4.80. The summed E-state index contributed by atoms with van der Waals surface area (Å²) in [6.45, 7) is 0.128. The average Bonchev–Trinajstić information content (AvgIpc) is 2.76. The van der Waals surface area contributed by atoms with Crippen LogP contribution in [0.15, 0.2) is 54.6 Å². The highest BCUT2D eigenvalue weighted by Crippen LogP contribution is 2.30. The van der Waals surface area contributed by atoms with Gasteiger partial charge in [0.25, 0.3) is 0 Å². The molecule has 0 amide bonds. The molecule has 1 aliphatic rings. The monoisotopic (exact) mass is 281 g/mol. The van der Waals surface area contributed by atoms with Gasteiger partial charge in [-0.2, -0.15) is 0 Å². The van der Waals surface area contributed by atoms with Gasteiger partial charge in [-0.25, -0.2) is 0 Å². The number of hydrogen-bond donors (Lipinski definition) is 2. The summed E-state index contributed by atoms with van der Waals surface area (Å²) in [5.41, 5.74) is 4.02. The molecular formula is C19H23NO. The fourth-order valence-electron chi connectivity index (χ4n) is 3.28. The normalized spacial score (nSPS) is 19.6. The molecule has 0 heterocycles. The maximum atomic E-state index is 9.77. The molecule has 2 aromatic rings. The van der Waals surface area contributed by atoms with E-state index in [4.69, 9.17) is 0 Å². The van der Waals surface area contributed by atoms with E-state index in [1.165, 1.54) is 30.4 Å². The molecular weight excluding hydrogens is 258 g/mol. The van der Waals surface area contributed by atoms with Crippen molar-refractivity contribution in [2.24, 2.45) is 0 Å². The summed E-state index contributed by atoms with van der Waals surface area (Å²) in [6, 6.07) is 19.3. The quantitative estimate of drug-likeness (QED) is 0.836. The molecule has 2 N–H and O–H groups in total. The number of rotatable bonds is 4. The van der Waals surface area contributed by atoms with Gasteiger partial charge in [-0.05, 0) is 36.0 Å². The summed E-state index contributed by atoms with van der Waals surface area (Å²) >= 11 is 0. The summed E-state index contributed by atoms with van der Waals surface area (Å²) in [4.78, 5) is 0. The second-order valence-corrected chi connectivity index (χ2v) is 5.81. The number of aliphatic hydroxyl groups is 1. The second-order valence-electron chi connectivity index (χ2n) is 5.81. The van der Waals surface area contributed by atoms with Crippen LogP contribution in [0.25, 0.3) is 0 Å². The summed E-state index contributed by atoms with van der Waals surface area (Å²) in [5.74, 6) is 0. The van der Waals surface area contributed by atoms with Crippen LogP contribution in [-0.4, -0.2) is 11.7 Å². The van der Waals surface area contributed by atoms with Crippen LogP contribution in [0.3, 0.4) is 0 Å². The van der Waals surface area contributed by atoms with Crippen molar-refractivity contribution in [2.45, 2.75) is 37.8 Å². The Morgan fingerprint density at radius 3 is 2.57 bits per heavy atom. The van der Waals surface area contributed by atoms with Crippen LogP contribution in [0, 0.1) is 0 Å². The van der Waals surface area contributed by atoms with Crippen LogP contribution >= 0.6 is 0 Å². The van der Waals surface area contributed by atoms with Crippen molar-refractivity contribution in [1.82, 2.24) is 5.32 Å². The zero-order valence-corrected chi connectivity index (χ0v) is 12.3. The lowest BCUT2D eigenvalue weighted by Crippen LogP contribution is -2.29. The van der Waals surface area contributed by atoms with E-state index < -0.39 is 0 Å². The van der Waals surface area contributed by atoms with Gasteiger partial charge in [-0.3, -0.25) is 0 Å². The Labute approximate surface area is 126 Å². The average molecular weight is 281 g/mol. The Morgan fingerprint density at radius 1 is 1.00 bits per heavy atom. The van der Waals surface area contributed by atoms with Gasteiger partial charge in [0.2, 0.25) is 0 Å². The van der Waals surface area contributed by atoms with Gasteiger partial charge in [0.1, 0.15) is 0 Å². The highest BCUT2D eigenvalue weighted by molar-refractivity contribution is 5.31. The highest BCUT2D eigenvalue weighted by atomic mass is 16.3. The number of hydrogen-bond acceptors (Lipinski definition) is 2. The summed E-state index contributed by atoms with van der Waals surface area (Å²) in [5, 5.41) is 13.4. The molecule has 0 bridgehead atoms. The molecule has 110 valence electrons. The Kier molecular flexibility index (Phi) is 4.69.